The summed E-state index contributed by atoms with van der Waals surface area (Å²) in [6.07, 6.45) is 3.74. The number of hydrogen-bond donors (Lipinski definition) is 0. The number of carbonyl (C=O) groups is 1. The Balaban J connectivity index is 1.99. The van der Waals surface area contributed by atoms with Gasteiger partial charge >= 0.3 is 0 Å². The average molecular weight is 303 g/mol. The maximum absolute atomic E-state index is 12.2. The molecule has 0 saturated carbocycles. The molecule has 112 valence electrons. The fourth-order valence-corrected chi connectivity index (χ4v) is 2.96. The number of benzene rings is 1. The fraction of sp³-hybridized carbons (Fsp3) is 0.375. The van der Waals surface area contributed by atoms with Crippen molar-refractivity contribution in [1.82, 2.24) is 14.5 Å². The molecule has 0 unspecified atom stereocenters. The van der Waals surface area contributed by atoms with Crippen molar-refractivity contribution in [2.24, 2.45) is 7.05 Å². The first kappa shape index (κ1) is 15.6. The van der Waals surface area contributed by atoms with Crippen molar-refractivity contribution >= 4 is 17.7 Å². The third-order valence-corrected chi connectivity index (χ3v) is 4.53. The number of amides is 1. The van der Waals surface area contributed by atoms with E-state index in [9.17, 15) is 4.79 Å². The Labute approximate surface area is 130 Å². The smallest absolute Gasteiger partial charge is 0.253 e. The SMILES string of the molecule is CCN(CC)C(=O)c1ccc(CSc2nccn2C)cc1. The number of thioether (sulfide) groups is 1. The lowest BCUT2D eigenvalue weighted by molar-refractivity contribution is 0.0773. The van der Waals surface area contributed by atoms with Gasteiger partial charge in [-0.3, -0.25) is 4.79 Å². The van der Waals surface area contributed by atoms with Crippen molar-refractivity contribution in [3.63, 3.8) is 0 Å². The first-order valence-electron chi connectivity index (χ1n) is 7.14. The van der Waals surface area contributed by atoms with Gasteiger partial charge in [0.2, 0.25) is 0 Å². The zero-order valence-electron chi connectivity index (χ0n) is 12.7. The molecule has 0 aliphatic carbocycles. The van der Waals surface area contributed by atoms with E-state index in [0.717, 1.165) is 29.6 Å². The van der Waals surface area contributed by atoms with Crippen LogP contribution in [-0.2, 0) is 12.8 Å². The van der Waals surface area contributed by atoms with Crippen LogP contribution < -0.4 is 0 Å². The Morgan fingerprint density at radius 2 is 1.90 bits per heavy atom. The summed E-state index contributed by atoms with van der Waals surface area (Å²) in [6.45, 7) is 5.48. The van der Waals surface area contributed by atoms with Gasteiger partial charge in [0, 0.05) is 43.8 Å². The summed E-state index contributed by atoms with van der Waals surface area (Å²) in [5, 5.41) is 0.998. The Hall–Kier alpha value is -1.75. The first-order valence-corrected chi connectivity index (χ1v) is 8.12. The van der Waals surface area contributed by atoms with Crippen LogP contribution in [0.4, 0.5) is 0 Å². The third-order valence-electron chi connectivity index (χ3n) is 3.40. The molecule has 0 saturated heterocycles. The highest BCUT2D eigenvalue weighted by atomic mass is 32.2. The van der Waals surface area contributed by atoms with E-state index >= 15 is 0 Å². The number of carbonyl (C=O) groups excluding carboxylic acids is 1. The van der Waals surface area contributed by atoms with E-state index in [2.05, 4.69) is 4.98 Å². The van der Waals surface area contributed by atoms with Crippen LogP contribution in [0.1, 0.15) is 29.8 Å². The van der Waals surface area contributed by atoms with Crippen molar-refractivity contribution < 1.29 is 4.79 Å². The molecule has 5 heteroatoms. The van der Waals surface area contributed by atoms with E-state index in [0.29, 0.717) is 0 Å². The van der Waals surface area contributed by atoms with E-state index in [1.165, 1.54) is 5.56 Å². The molecule has 2 rings (SSSR count). The summed E-state index contributed by atoms with van der Waals surface area (Å²) < 4.78 is 2.00. The van der Waals surface area contributed by atoms with Crippen LogP contribution in [0, 0.1) is 0 Å². The molecule has 21 heavy (non-hydrogen) atoms. The highest BCUT2D eigenvalue weighted by Gasteiger charge is 2.12. The lowest BCUT2D eigenvalue weighted by Gasteiger charge is -2.18. The summed E-state index contributed by atoms with van der Waals surface area (Å²) in [7, 11) is 1.99. The van der Waals surface area contributed by atoms with Crippen LogP contribution in [0.25, 0.3) is 0 Å². The Bertz CT molecular complexity index is 588. The molecule has 1 aromatic carbocycles. The molecule has 0 aliphatic rings. The van der Waals surface area contributed by atoms with Crippen LogP contribution in [0.2, 0.25) is 0 Å². The number of hydrogen-bond acceptors (Lipinski definition) is 3. The lowest BCUT2D eigenvalue weighted by atomic mass is 10.1. The summed E-state index contributed by atoms with van der Waals surface area (Å²) in [5.74, 6) is 0.952. The summed E-state index contributed by atoms with van der Waals surface area (Å²) in [4.78, 5) is 18.3. The molecule has 1 heterocycles. The number of aryl methyl sites for hydroxylation is 1. The van der Waals surface area contributed by atoms with Crippen molar-refractivity contribution in [2.75, 3.05) is 13.1 Å². The van der Waals surface area contributed by atoms with Gasteiger partial charge in [-0.15, -0.1) is 0 Å². The van der Waals surface area contributed by atoms with Gasteiger partial charge in [-0.2, -0.15) is 0 Å². The lowest BCUT2D eigenvalue weighted by Crippen LogP contribution is -2.30. The molecule has 0 bridgehead atoms. The maximum Gasteiger partial charge on any atom is 0.253 e. The van der Waals surface area contributed by atoms with Crippen molar-refractivity contribution in [3.05, 3.63) is 47.8 Å². The third kappa shape index (κ3) is 3.88. The molecule has 1 aromatic heterocycles. The van der Waals surface area contributed by atoms with Crippen LogP contribution in [0.5, 0.6) is 0 Å². The van der Waals surface area contributed by atoms with Gasteiger partial charge in [-0.25, -0.2) is 4.98 Å². The van der Waals surface area contributed by atoms with E-state index in [-0.39, 0.29) is 5.91 Å². The highest BCUT2D eigenvalue weighted by Crippen LogP contribution is 2.20. The normalized spacial score (nSPS) is 10.6. The fourth-order valence-electron chi connectivity index (χ4n) is 2.08. The zero-order chi connectivity index (χ0) is 15.2. The minimum absolute atomic E-state index is 0.100. The molecular weight excluding hydrogens is 282 g/mol. The van der Waals surface area contributed by atoms with Gasteiger partial charge in [0.1, 0.15) is 0 Å². The molecule has 2 aromatic rings. The van der Waals surface area contributed by atoms with Crippen LogP contribution in [0.15, 0.2) is 41.8 Å². The minimum Gasteiger partial charge on any atom is -0.339 e. The largest absolute Gasteiger partial charge is 0.339 e. The van der Waals surface area contributed by atoms with Gasteiger partial charge in [-0.05, 0) is 31.5 Å². The molecule has 4 nitrogen and oxygen atoms in total. The van der Waals surface area contributed by atoms with Crippen LogP contribution >= 0.6 is 11.8 Å². The first-order chi connectivity index (χ1) is 10.2. The number of imidazole rings is 1. The van der Waals surface area contributed by atoms with Gasteiger partial charge in [0.05, 0.1) is 0 Å². The van der Waals surface area contributed by atoms with Crippen molar-refractivity contribution in [3.8, 4) is 0 Å². The number of nitrogens with zero attached hydrogens (tertiary/aromatic N) is 3. The number of rotatable bonds is 6. The number of aromatic nitrogens is 2. The molecule has 0 N–H and O–H groups in total. The Kier molecular flexibility index (Phi) is 5.44. The average Bonchev–Trinajstić information content (AvgIpc) is 2.92. The van der Waals surface area contributed by atoms with Gasteiger partial charge in [0.25, 0.3) is 5.91 Å². The summed E-state index contributed by atoms with van der Waals surface area (Å²) >= 11 is 1.69. The van der Waals surface area contributed by atoms with Crippen LogP contribution in [0.3, 0.4) is 0 Å². The van der Waals surface area contributed by atoms with Gasteiger partial charge in [0.15, 0.2) is 5.16 Å². The van der Waals surface area contributed by atoms with Crippen LogP contribution in [-0.4, -0.2) is 33.4 Å². The topological polar surface area (TPSA) is 38.1 Å². The summed E-state index contributed by atoms with van der Waals surface area (Å²) in [6, 6.07) is 7.86. The second-order valence-electron chi connectivity index (χ2n) is 4.78. The second kappa shape index (κ2) is 7.31. The molecule has 0 aliphatic heterocycles. The minimum atomic E-state index is 0.100. The molecular formula is C16H21N3OS. The molecule has 0 spiro atoms. The van der Waals surface area contributed by atoms with E-state index in [1.807, 2.05) is 60.8 Å². The van der Waals surface area contributed by atoms with Gasteiger partial charge < -0.3 is 9.47 Å². The second-order valence-corrected chi connectivity index (χ2v) is 5.73. The molecule has 1 amide bonds. The van der Waals surface area contributed by atoms with Gasteiger partial charge in [-0.1, -0.05) is 23.9 Å². The monoisotopic (exact) mass is 303 g/mol. The van der Waals surface area contributed by atoms with Crippen molar-refractivity contribution in [1.29, 1.82) is 0 Å². The standard InChI is InChI=1S/C16H21N3OS/c1-4-19(5-2)15(20)14-8-6-13(7-9-14)12-21-16-17-10-11-18(16)3/h6-11H,4-5,12H2,1-3H3. The van der Waals surface area contributed by atoms with Crippen molar-refractivity contribution in [2.45, 2.75) is 24.8 Å². The van der Waals surface area contributed by atoms with E-state index in [1.54, 1.807) is 18.0 Å². The quantitative estimate of drug-likeness (QED) is 0.769. The molecule has 0 radical (unpaired) electrons. The predicted octanol–water partition coefficient (Wildman–Crippen LogP) is 3.19. The zero-order valence-corrected chi connectivity index (χ0v) is 13.6. The highest BCUT2D eigenvalue weighted by molar-refractivity contribution is 7.98. The Morgan fingerprint density at radius 1 is 1.24 bits per heavy atom. The van der Waals surface area contributed by atoms with E-state index < -0.39 is 0 Å². The summed E-state index contributed by atoms with van der Waals surface area (Å²) in [5.41, 5.74) is 1.95. The molecule has 0 fully saturated rings. The molecule has 0 atom stereocenters. The predicted molar refractivity (Wildman–Crippen MR) is 86.5 cm³/mol. The van der Waals surface area contributed by atoms with E-state index in [4.69, 9.17) is 0 Å². The Morgan fingerprint density at radius 3 is 2.43 bits per heavy atom. The maximum atomic E-state index is 12.2.